The number of rotatable bonds is 4. The van der Waals surface area contributed by atoms with Gasteiger partial charge in [-0.25, -0.2) is 13.1 Å². The van der Waals surface area contributed by atoms with Gasteiger partial charge in [0.1, 0.15) is 4.90 Å². The predicted octanol–water partition coefficient (Wildman–Crippen LogP) is 0.230. The number of hydrogen-bond donors (Lipinski definition) is 2. The summed E-state index contributed by atoms with van der Waals surface area (Å²) in [5.41, 5.74) is 0.412. The molecule has 7 heteroatoms. The molecule has 0 aliphatic heterocycles. The van der Waals surface area contributed by atoms with Crippen molar-refractivity contribution in [2.75, 3.05) is 6.61 Å². The molecule has 6 nitrogen and oxygen atoms in total. The SMILES string of the molecule is Cc1nn(C)c(C)c1S(=O)(=O)NC1(CO)CCC1. The Morgan fingerprint density at radius 2 is 2.06 bits per heavy atom. The molecule has 0 unspecified atom stereocenters. The van der Waals surface area contributed by atoms with Crippen LogP contribution in [-0.4, -0.2) is 35.5 Å². The molecule has 0 radical (unpaired) electrons. The summed E-state index contributed by atoms with van der Waals surface area (Å²) in [6.45, 7) is 3.24. The van der Waals surface area contributed by atoms with Gasteiger partial charge in [-0.1, -0.05) is 0 Å². The van der Waals surface area contributed by atoms with E-state index in [2.05, 4.69) is 9.82 Å². The van der Waals surface area contributed by atoms with E-state index in [0.29, 0.717) is 24.2 Å². The number of aryl methyl sites for hydroxylation is 2. The fourth-order valence-electron chi connectivity index (χ4n) is 2.38. The molecule has 0 amide bonds. The number of aromatic nitrogens is 2. The van der Waals surface area contributed by atoms with Crippen LogP contribution in [-0.2, 0) is 17.1 Å². The first-order valence-corrected chi connectivity index (χ1v) is 7.45. The van der Waals surface area contributed by atoms with Gasteiger partial charge in [0.15, 0.2) is 0 Å². The minimum absolute atomic E-state index is 0.162. The van der Waals surface area contributed by atoms with Crippen molar-refractivity contribution in [3.8, 4) is 0 Å². The lowest BCUT2D eigenvalue weighted by Gasteiger charge is -2.40. The van der Waals surface area contributed by atoms with Gasteiger partial charge in [0.2, 0.25) is 10.0 Å². The van der Waals surface area contributed by atoms with Crippen LogP contribution in [0, 0.1) is 13.8 Å². The molecular weight excluding hydrogens is 254 g/mol. The maximum atomic E-state index is 12.4. The van der Waals surface area contributed by atoms with Crippen LogP contribution in [0.2, 0.25) is 0 Å². The van der Waals surface area contributed by atoms with Crippen molar-refractivity contribution in [2.24, 2.45) is 7.05 Å². The lowest BCUT2D eigenvalue weighted by Crippen LogP contribution is -2.56. The Balaban J connectivity index is 2.37. The van der Waals surface area contributed by atoms with Crippen molar-refractivity contribution in [2.45, 2.75) is 43.5 Å². The van der Waals surface area contributed by atoms with Gasteiger partial charge in [0.05, 0.1) is 23.5 Å². The maximum Gasteiger partial charge on any atom is 0.244 e. The van der Waals surface area contributed by atoms with E-state index in [4.69, 9.17) is 0 Å². The molecule has 1 saturated carbocycles. The molecule has 0 spiro atoms. The largest absolute Gasteiger partial charge is 0.394 e. The van der Waals surface area contributed by atoms with E-state index in [1.54, 1.807) is 25.6 Å². The molecule has 1 aromatic heterocycles. The molecule has 0 bridgehead atoms. The summed E-state index contributed by atoms with van der Waals surface area (Å²) in [6.07, 6.45) is 2.30. The summed E-state index contributed by atoms with van der Waals surface area (Å²) in [4.78, 5) is 0.227. The van der Waals surface area contributed by atoms with E-state index < -0.39 is 15.6 Å². The fourth-order valence-corrected chi connectivity index (χ4v) is 4.27. The number of sulfonamides is 1. The van der Waals surface area contributed by atoms with E-state index in [1.165, 1.54) is 0 Å². The van der Waals surface area contributed by atoms with E-state index in [9.17, 15) is 13.5 Å². The fraction of sp³-hybridized carbons (Fsp3) is 0.727. The summed E-state index contributed by atoms with van der Waals surface area (Å²) in [5.74, 6) is 0. The van der Waals surface area contributed by atoms with E-state index in [1.807, 2.05) is 0 Å². The first kappa shape index (κ1) is 13.5. The Hall–Kier alpha value is -0.920. The normalized spacial score (nSPS) is 18.7. The number of aliphatic hydroxyl groups excluding tert-OH is 1. The molecular formula is C11H19N3O3S. The highest BCUT2D eigenvalue weighted by atomic mass is 32.2. The van der Waals surface area contributed by atoms with Crippen molar-refractivity contribution < 1.29 is 13.5 Å². The molecule has 1 aliphatic carbocycles. The van der Waals surface area contributed by atoms with Crippen LogP contribution in [0.5, 0.6) is 0 Å². The van der Waals surface area contributed by atoms with Crippen molar-refractivity contribution in [3.63, 3.8) is 0 Å². The lowest BCUT2D eigenvalue weighted by molar-refractivity contribution is 0.110. The second kappa shape index (κ2) is 4.32. The molecule has 0 saturated heterocycles. The van der Waals surface area contributed by atoms with Gasteiger partial charge in [0.25, 0.3) is 0 Å². The van der Waals surface area contributed by atoms with Gasteiger partial charge in [0, 0.05) is 7.05 Å². The van der Waals surface area contributed by atoms with Gasteiger partial charge < -0.3 is 5.11 Å². The van der Waals surface area contributed by atoms with Gasteiger partial charge in [-0.3, -0.25) is 4.68 Å². The van der Waals surface area contributed by atoms with Crippen LogP contribution >= 0.6 is 0 Å². The molecule has 1 fully saturated rings. The van der Waals surface area contributed by atoms with Gasteiger partial charge in [-0.2, -0.15) is 5.10 Å². The number of hydrogen-bond acceptors (Lipinski definition) is 4. The summed E-state index contributed by atoms with van der Waals surface area (Å²) >= 11 is 0. The molecule has 0 aromatic carbocycles. The Kier molecular flexibility index (Phi) is 3.25. The summed E-state index contributed by atoms with van der Waals surface area (Å²) in [7, 11) is -1.91. The van der Waals surface area contributed by atoms with Crippen LogP contribution < -0.4 is 4.72 Å². The minimum Gasteiger partial charge on any atom is -0.394 e. The first-order valence-electron chi connectivity index (χ1n) is 5.96. The number of nitrogens with zero attached hydrogens (tertiary/aromatic N) is 2. The van der Waals surface area contributed by atoms with Crippen LogP contribution in [0.1, 0.15) is 30.7 Å². The van der Waals surface area contributed by atoms with Gasteiger partial charge >= 0.3 is 0 Å². The van der Waals surface area contributed by atoms with Crippen molar-refractivity contribution >= 4 is 10.0 Å². The van der Waals surface area contributed by atoms with Crippen LogP contribution in [0.25, 0.3) is 0 Å². The monoisotopic (exact) mass is 273 g/mol. The third-order valence-corrected chi connectivity index (χ3v) is 5.51. The minimum atomic E-state index is -3.62. The van der Waals surface area contributed by atoms with Crippen molar-refractivity contribution in [1.82, 2.24) is 14.5 Å². The third-order valence-electron chi connectivity index (χ3n) is 3.68. The zero-order chi connectivity index (χ0) is 13.6. The topological polar surface area (TPSA) is 84.2 Å². The molecule has 1 heterocycles. The lowest BCUT2D eigenvalue weighted by atomic mass is 9.78. The molecule has 1 aliphatic rings. The summed E-state index contributed by atoms with van der Waals surface area (Å²) < 4.78 is 28.9. The highest BCUT2D eigenvalue weighted by Gasteiger charge is 2.41. The average Bonchev–Trinajstić information content (AvgIpc) is 2.47. The Morgan fingerprint density at radius 1 is 1.44 bits per heavy atom. The second-order valence-corrected chi connectivity index (χ2v) is 6.64. The van der Waals surface area contributed by atoms with Crippen LogP contribution in [0.15, 0.2) is 4.90 Å². The maximum absolute atomic E-state index is 12.4. The molecule has 1 aromatic rings. The molecule has 2 N–H and O–H groups in total. The summed E-state index contributed by atoms with van der Waals surface area (Å²) in [5, 5.41) is 13.5. The van der Waals surface area contributed by atoms with Crippen LogP contribution in [0.4, 0.5) is 0 Å². The molecule has 18 heavy (non-hydrogen) atoms. The van der Waals surface area contributed by atoms with Crippen molar-refractivity contribution in [1.29, 1.82) is 0 Å². The first-order chi connectivity index (χ1) is 8.31. The van der Waals surface area contributed by atoms with E-state index in [-0.39, 0.29) is 11.5 Å². The van der Waals surface area contributed by atoms with E-state index in [0.717, 1.165) is 6.42 Å². The average molecular weight is 273 g/mol. The zero-order valence-electron chi connectivity index (χ0n) is 10.9. The number of aliphatic hydroxyl groups is 1. The molecule has 2 rings (SSSR count). The van der Waals surface area contributed by atoms with Crippen molar-refractivity contribution in [3.05, 3.63) is 11.4 Å². The quantitative estimate of drug-likeness (QED) is 0.822. The second-order valence-electron chi connectivity index (χ2n) is 5.02. The van der Waals surface area contributed by atoms with Gasteiger partial charge in [-0.05, 0) is 33.1 Å². The zero-order valence-corrected chi connectivity index (χ0v) is 11.7. The van der Waals surface area contributed by atoms with Crippen LogP contribution in [0.3, 0.4) is 0 Å². The number of nitrogens with one attached hydrogen (secondary N) is 1. The smallest absolute Gasteiger partial charge is 0.244 e. The molecule has 102 valence electrons. The molecule has 0 atom stereocenters. The predicted molar refractivity (Wildman–Crippen MR) is 66.7 cm³/mol. The third kappa shape index (κ3) is 2.06. The summed E-state index contributed by atoms with van der Waals surface area (Å²) in [6, 6.07) is 0. The Morgan fingerprint density at radius 3 is 2.39 bits per heavy atom. The standard InChI is InChI=1S/C11H19N3O3S/c1-8-10(9(2)14(3)12-8)18(16,17)13-11(7-15)5-4-6-11/h13,15H,4-7H2,1-3H3. The highest BCUT2D eigenvalue weighted by Crippen LogP contribution is 2.33. The van der Waals surface area contributed by atoms with E-state index >= 15 is 0 Å². The Bertz CT molecular complexity index is 553. The Labute approximate surface area is 107 Å². The van der Waals surface area contributed by atoms with Gasteiger partial charge in [-0.15, -0.1) is 0 Å². The highest BCUT2D eigenvalue weighted by molar-refractivity contribution is 7.89.